The van der Waals surface area contributed by atoms with E-state index in [4.69, 9.17) is 0 Å². The van der Waals surface area contributed by atoms with Gasteiger partial charge in [-0.15, -0.1) is 0 Å². The molecule has 2 atom stereocenters. The van der Waals surface area contributed by atoms with Gasteiger partial charge in [-0.25, -0.2) is 8.78 Å². The van der Waals surface area contributed by atoms with Crippen LogP contribution in [-0.4, -0.2) is 17.2 Å². The highest BCUT2D eigenvalue weighted by atomic mass is 79.9. The highest BCUT2D eigenvalue weighted by molar-refractivity contribution is 9.10. The Morgan fingerprint density at radius 3 is 2.27 bits per heavy atom. The molecule has 3 nitrogen and oxygen atoms in total. The second-order valence-corrected chi connectivity index (χ2v) is 6.07. The van der Waals surface area contributed by atoms with Gasteiger partial charge in [0.2, 0.25) is 5.91 Å². The maximum atomic E-state index is 13.3. The number of hydrogen-bond donors (Lipinski definition) is 1. The Morgan fingerprint density at radius 1 is 1.09 bits per heavy atom. The molecule has 0 bridgehead atoms. The van der Waals surface area contributed by atoms with Gasteiger partial charge in [-0.1, -0.05) is 15.9 Å². The lowest BCUT2D eigenvalue weighted by Gasteiger charge is -2.20. The molecule has 2 aromatic rings. The van der Waals surface area contributed by atoms with E-state index in [1.807, 2.05) is 0 Å². The molecule has 0 aliphatic carbocycles. The Kier molecular flexibility index (Phi) is 3.97. The molecule has 2 unspecified atom stereocenters. The summed E-state index contributed by atoms with van der Waals surface area (Å²) in [7, 11) is 0. The van der Waals surface area contributed by atoms with Crippen LogP contribution in [0.3, 0.4) is 0 Å². The Balaban J connectivity index is 1.94. The predicted molar refractivity (Wildman–Crippen MR) is 81.4 cm³/mol. The lowest BCUT2D eigenvalue weighted by atomic mass is 9.97. The van der Waals surface area contributed by atoms with E-state index in [0.29, 0.717) is 5.69 Å². The van der Waals surface area contributed by atoms with Gasteiger partial charge in [-0.2, -0.15) is 0 Å². The first-order valence-electron chi connectivity index (χ1n) is 6.68. The van der Waals surface area contributed by atoms with Gasteiger partial charge in [0, 0.05) is 22.6 Å². The van der Waals surface area contributed by atoms with Gasteiger partial charge in [-0.3, -0.25) is 9.69 Å². The van der Waals surface area contributed by atoms with Crippen LogP contribution in [0.4, 0.5) is 14.5 Å². The number of nitrogens with zero attached hydrogens (tertiary/aromatic N) is 1. The molecule has 1 aliphatic heterocycles. The summed E-state index contributed by atoms with van der Waals surface area (Å²) in [6, 6.07) is 9.91. The van der Waals surface area contributed by atoms with E-state index in [1.54, 1.807) is 24.3 Å². The fraction of sp³-hybridized carbons (Fsp3) is 0.188. The van der Waals surface area contributed by atoms with Crippen molar-refractivity contribution in [1.29, 1.82) is 0 Å². The number of carbonyl (C=O) groups excluding carboxylic acids is 1. The van der Waals surface area contributed by atoms with E-state index in [0.717, 1.165) is 22.7 Å². The number of aliphatic hydroxyl groups excluding tert-OH is 1. The number of carbonyl (C=O) groups is 1. The van der Waals surface area contributed by atoms with E-state index in [-0.39, 0.29) is 17.9 Å². The molecule has 1 saturated heterocycles. The summed E-state index contributed by atoms with van der Waals surface area (Å²) < 4.78 is 27.5. The molecular formula is C16H12BrF2NO2. The van der Waals surface area contributed by atoms with Crippen molar-refractivity contribution in [3.05, 3.63) is 64.1 Å². The molecule has 1 fully saturated rings. The normalized spacial score (nSPS) is 21.5. The minimum atomic E-state index is -1.02. The van der Waals surface area contributed by atoms with Crippen LogP contribution in [0, 0.1) is 11.6 Å². The average Bonchev–Trinajstić information content (AvgIpc) is 2.74. The molecule has 114 valence electrons. The summed E-state index contributed by atoms with van der Waals surface area (Å²) in [5.74, 6) is -2.61. The summed E-state index contributed by atoms with van der Waals surface area (Å²) in [5.41, 5.74) is 0.779. The van der Waals surface area contributed by atoms with E-state index < -0.39 is 23.8 Å². The summed E-state index contributed by atoms with van der Waals surface area (Å²) >= 11 is 3.30. The number of aliphatic hydroxyl groups is 1. The van der Waals surface area contributed by atoms with Crippen LogP contribution < -0.4 is 4.90 Å². The van der Waals surface area contributed by atoms with Crippen LogP contribution in [-0.2, 0) is 4.79 Å². The Bertz CT molecular complexity index is 700. The first kappa shape index (κ1) is 15.1. The van der Waals surface area contributed by atoms with E-state index >= 15 is 0 Å². The summed E-state index contributed by atoms with van der Waals surface area (Å²) in [4.78, 5) is 13.8. The molecule has 0 radical (unpaired) electrons. The van der Waals surface area contributed by atoms with E-state index in [9.17, 15) is 18.7 Å². The van der Waals surface area contributed by atoms with Crippen LogP contribution in [0.25, 0.3) is 0 Å². The summed E-state index contributed by atoms with van der Waals surface area (Å²) in [6.07, 6.45) is -0.928. The molecule has 3 rings (SSSR count). The van der Waals surface area contributed by atoms with Gasteiger partial charge in [0.25, 0.3) is 0 Å². The zero-order valence-corrected chi connectivity index (χ0v) is 12.9. The van der Waals surface area contributed by atoms with Gasteiger partial charge in [0.1, 0.15) is 17.9 Å². The lowest BCUT2D eigenvalue weighted by molar-refractivity contribution is -0.118. The second-order valence-electron chi connectivity index (χ2n) is 5.16. The quantitative estimate of drug-likeness (QED) is 0.881. The predicted octanol–water partition coefficient (Wildman–Crippen LogP) is 3.57. The number of halogens is 3. The maximum Gasteiger partial charge on any atom is 0.236 e. The molecule has 22 heavy (non-hydrogen) atoms. The smallest absolute Gasteiger partial charge is 0.236 e. The van der Waals surface area contributed by atoms with Crippen molar-refractivity contribution in [2.24, 2.45) is 0 Å². The van der Waals surface area contributed by atoms with Crippen molar-refractivity contribution in [2.45, 2.75) is 18.6 Å². The second kappa shape index (κ2) is 5.78. The van der Waals surface area contributed by atoms with Gasteiger partial charge >= 0.3 is 0 Å². The zero-order valence-electron chi connectivity index (χ0n) is 11.3. The molecule has 1 aliphatic rings. The van der Waals surface area contributed by atoms with Crippen LogP contribution >= 0.6 is 15.9 Å². The maximum absolute atomic E-state index is 13.3. The van der Waals surface area contributed by atoms with E-state index in [2.05, 4.69) is 15.9 Å². The highest BCUT2D eigenvalue weighted by Crippen LogP contribution is 2.36. The monoisotopic (exact) mass is 367 g/mol. The molecule has 1 heterocycles. The van der Waals surface area contributed by atoms with Gasteiger partial charge in [-0.05, 0) is 42.0 Å². The van der Waals surface area contributed by atoms with Crippen LogP contribution in [0.15, 0.2) is 46.9 Å². The molecule has 0 saturated carbocycles. The summed E-state index contributed by atoms with van der Waals surface area (Å²) in [6.45, 7) is 0. The van der Waals surface area contributed by atoms with Gasteiger partial charge < -0.3 is 5.11 Å². The third kappa shape index (κ3) is 2.76. The highest BCUT2D eigenvalue weighted by Gasteiger charge is 2.40. The van der Waals surface area contributed by atoms with Crippen molar-refractivity contribution in [3.8, 4) is 0 Å². The fourth-order valence-corrected chi connectivity index (χ4v) is 2.95. The van der Waals surface area contributed by atoms with Crippen molar-refractivity contribution in [1.82, 2.24) is 0 Å². The number of benzene rings is 2. The topological polar surface area (TPSA) is 40.5 Å². The molecule has 1 amide bonds. The average molecular weight is 368 g/mol. The molecule has 0 spiro atoms. The minimum Gasteiger partial charge on any atom is -0.373 e. The zero-order chi connectivity index (χ0) is 15.9. The molecule has 2 aromatic carbocycles. The Hall–Kier alpha value is -1.79. The van der Waals surface area contributed by atoms with Crippen molar-refractivity contribution in [2.75, 3.05) is 4.90 Å². The molecule has 1 N–H and O–H groups in total. The lowest BCUT2D eigenvalue weighted by Crippen LogP contribution is -2.33. The molecule has 0 aromatic heterocycles. The van der Waals surface area contributed by atoms with Crippen molar-refractivity contribution >= 4 is 27.5 Å². The summed E-state index contributed by atoms with van der Waals surface area (Å²) in [5, 5.41) is 10.2. The van der Waals surface area contributed by atoms with Crippen molar-refractivity contribution < 1.29 is 18.7 Å². The minimum absolute atomic E-state index is 0.0950. The third-order valence-corrected chi connectivity index (χ3v) is 4.20. The Labute approximate surface area is 134 Å². The first-order valence-corrected chi connectivity index (χ1v) is 7.47. The number of amides is 1. The number of rotatable bonds is 2. The number of anilines is 1. The van der Waals surface area contributed by atoms with Gasteiger partial charge in [0.05, 0.1) is 5.92 Å². The number of hydrogen-bond acceptors (Lipinski definition) is 2. The first-order chi connectivity index (χ1) is 10.5. The van der Waals surface area contributed by atoms with Crippen LogP contribution in [0.2, 0.25) is 0 Å². The molecule has 6 heteroatoms. The third-order valence-electron chi connectivity index (χ3n) is 3.67. The van der Waals surface area contributed by atoms with Crippen LogP contribution in [0.1, 0.15) is 17.9 Å². The fourth-order valence-electron chi connectivity index (χ4n) is 2.69. The SMILES string of the molecule is O=C1C(c2cc(F)cc(F)c2)CC(O)N1c1ccc(Br)cc1. The largest absolute Gasteiger partial charge is 0.373 e. The standard InChI is InChI=1S/C16H12BrF2NO2/c17-10-1-3-13(4-2-10)20-15(21)8-14(16(20)22)9-5-11(18)7-12(19)6-9/h1-7,14-15,21H,8H2. The van der Waals surface area contributed by atoms with Crippen LogP contribution in [0.5, 0.6) is 0 Å². The van der Waals surface area contributed by atoms with Gasteiger partial charge in [0.15, 0.2) is 0 Å². The molecular weight excluding hydrogens is 356 g/mol. The van der Waals surface area contributed by atoms with Crippen molar-refractivity contribution in [3.63, 3.8) is 0 Å². The Morgan fingerprint density at radius 2 is 1.68 bits per heavy atom. The van der Waals surface area contributed by atoms with E-state index in [1.165, 1.54) is 4.90 Å².